The second kappa shape index (κ2) is 7.69. The normalized spacial score (nSPS) is 23.0. The van der Waals surface area contributed by atoms with Crippen LogP contribution in [-0.2, 0) is 27.5 Å². The zero-order chi connectivity index (χ0) is 16.8. The summed E-state index contributed by atoms with van der Waals surface area (Å²) in [7, 11) is 0. The summed E-state index contributed by atoms with van der Waals surface area (Å²) >= 11 is 0. The second-order valence-electron chi connectivity index (χ2n) is 6.21. The number of ketones is 1. The predicted molar refractivity (Wildman–Crippen MR) is 89.1 cm³/mol. The van der Waals surface area contributed by atoms with Crippen LogP contribution in [0.2, 0.25) is 0 Å². The quantitative estimate of drug-likeness (QED) is 0.741. The van der Waals surface area contributed by atoms with Crippen LogP contribution in [0.1, 0.15) is 17.5 Å². The van der Waals surface area contributed by atoms with Crippen molar-refractivity contribution in [3.05, 3.63) is 71.8 Å². The number of hydrogen-bond acceptors (Lipinski definition) is 3. The Morgan fingerprint density at radius 3 is 2.00 bits per heavy atom. The van der Waals surface area contributed by atoms with Gasteiger partial charge in [-0.3, -0.25) is 4.79 Å². The third kappa shape index (κ3) is 4.08. The van der Waals surface area contributed by atoms with Crippen LogP contribution in [0.5, 0.6) is 0 Å². The molecule has 2 unspecified atom stereocenters. The summed E-state index contributed by atoms with van der Waals surface area (Å²) in [6, 6.07) is 19.2. The first kappa shape index (κ1) is 16.8. The van der Waals surface area contributed by atoms with E-state index in [1.807, 2.05) is 60.7 Å². The Hall–Kier alpha value is -2.04. The van der Waals surface area contributed by atoms with E-state index in [-0.39, 0.29) is 25.4 Å². The van der Waals surface area contributed by atoms with Crippen molar-refractivity contribution in [2.24, 2.45) is 5.92 Å². The summed E-state index contributed by atoms with van der Waals surface area (Å²) in [6.45, 7) is 0.746. The molecule has 1 aliphatic rings. The Labute approximate surface area is 141 Å². The molecular formula is C20H21FO3. The number of carbonyl (C=O) groups excluding carboxylic acids is 1. The van der Waals surface area contributed by atoms with E-state index < -0.39 is 11.6 Å². The lowest BCUT2D eigenvalue weighted by Gasteiger charge is -2.40. The van der Waals surface area contributed by atoms with Crippen LogP contribution in [0.15, 0.2) is 60.7 Å². The Bertz CT molecular complexity index is 659. The van der Waals surface area contributed by atoms with Crippen LogP contribution in [-0.4, -0.2) is 24.7 Å². The zero-order valence-electron chi connectivity index (χ0n) is 13.5. The highest BCUT2D eigenvalue weighted by Crippen LogP contribution is 2.39. The van der Waals surface area contributed by atoms with Crippen LogP contribution in [0.3, 0.4) is 0 Å². The Morgan fingerprint density at radius 2 is 1.46 bits per heavy atom. The Balaban J connectivity index is 1.45. The van der Waals surface area contributed by atoms with E-state index in [1.165, 1.54) is 0 Å². The molecule has 0 spiro atoms. The van der Waals surface area contributed by atoms with E-state index in [2.05, 4.69) is 0 Å². The minimum absolute atomic E-state index is 0.0764. The first-order valence-electron chi connectivity index (χ1n) is 8.12. The van der Waals surface area contributed by atoms with Crippen LogP contribution in [0.4, 0.5) is 4.39 Å². The summed E-state index contributed by atoms with van der Waals surface area (Å²) in [5, 5.41) is 0. The molecule has 0 bridgehead atoms. The number of benzene rings is 2. The summed E-state index contributed by atoms with van der Waals surface area (Å²) in [4.78, 5) is 11.7. The van der Waals surface area contributed by atoms with Crippen LogP contribution in [0.25, 0.3) is 0 Å². The van der Waals surface area contributed by atoms with Crippen molar-refractivity contribution in [2.75, 3.05) is 13.2 Å². The highest BCUT2D eigenvalue weighted by Gasteiger charge is 2.54. The zero-order valence-corrected chi connectivity index (χ0v) is 13.5. The summed E-state index contributed by atoms with van der Waals surface area (Å²) in [5.41, 5.74) is 0.389. The molecular weight excluding hydrogens is 307 g/mol. The fourth-order valence-electron chi connectivity index (χ4n) is 2.87. The maximum Gasteiger partial charge on any atom is 0.152 e. The number of ether oxygens (including phenoxy) is 2. The van der Waals surface area contributed by atoms with E-state index in [9.17, 15) is 9.18 Å². The van der Waals surface area contributed by atoms with Crippen molar-refractivity contribution in [1.29, 1.82) is 0 Å². The summed E-state index contributed by atoms with van der Waals surface area (Å²) in [5.74, 6) is -0.814. The smallest absolute Gasteiger partial charge is 0.152 e. The molecule has 126 valence electrons. The molecule has 24 heavy (non-hydrogen) atoms. The minimum atomic E-state index is -1.61. The molecule has 0 saturated heterocycles. The molecule has 2 aromatic carbocycles. The van der Waals surface area contributed by atoms with Gasteiger partial charge in [-0.1, -0.05) is 60.7 Å². The molecule has 0 aliphatic heterocycles. The van der Waals surface area contributed by atoms with Gasteiger partial charge < -0.3 is 9.47 Å². The SMILES string of the molecule is O=C1CC(F)(COCc2ccccc2)C1COCc1ccccc1. The molecule has 1 saturated carbocycles. The van der Waals surface area contributed by atoms with Gasteiger partial charge in [0.25, 0.3) is 0 Å². The molecule has 0 radical (unpaired) electrons. The highest BCUT2D eigenvalue weighted by atomic mass is 19.1. The highest BCUT2D eigenvalue weighted by molar-refractivity contribution is 5.90. The van der Waals surface area contributed by atoms with E-state index in [0.717, 1.165) is 11.1 Å². The summed E-state index contributed by atoms with van der Waals surface area (Å²) in [6.07, 6.45) is -0.0822. The van der Waals surface area contributed by atoms with Crippen molar-refractivity contribution >= 4 is 5.78 Å². The maximum absolute atomic E-state index is 14.8. The van der Waals surface area contributed by atoms with Gasteiger partial charge in [0.2, 0.25) is 0 Å². The lowest BCUT2D eigenvalue weighted by atomic mass is 9.70. The second-order valence-corrected chi connectivity index (χ2v) is 6.21. The molecule has 3 nitrogen and oxygen atoms in total. The lowest BCUT2D eigenvalue weighted by molar-refractivity contribution is -0.160. The first-order chi connectivity index (χ1) is 11.7. The third-order valence-corrected chi connectivity index (χ3v) is 4.33. The van der Waals surface area contributed by atoms with Crippen LogP contribution in [0, 0.1) is 5.92 Å². The van der Waals surface area contributed by atoms with Gasteiger partial charge in [-0.25, -0.2) is 4.39 Å². The molecule has 1 fully saturated rings. The number of hydrogen-bond donors (Lipinski definition) is 0. The average molecular weight is 328 g/mol. The van der Waals surface area contributed by atoms with Crippen molar-refractivity contribution in [1.82, 2.24) is 0 Å². The van der Waals surface area contributed by atoms with Gasteiger partial charge in [-0.15, -0.1) is 0 Å². The molecule has 0 N–H and O–H groups in total. The number of carbonyl (C=O) groups is 1. The standard InChI is InChI=1S/C20H21FO3/c21-20(15-24-13-17-9-5-2-6-10-17)11-19(22)18(20)14-23-12-16-7-3-1-4-8-16/h1-10,18H,11-15H2. The van der Waals surface area contributed by atoms with Gasteiger partial charge >= 0.3 is 0 Å². The van der Waals surface area contributed by atoms with Crippen LogP contribution >= 0.6 is 0 Å². The minimum Gasteiger partial charge on any atom is -0.376 e. The van der Waals surface area contributed by atoms with Gasteiger partial charge in [0.05, 0.1) is 32.3 Å². The van der Waals surface area contributed by atoms with E-state index >= 15 is 0 Å². The first-order valence-corrected chi connectivity index (χ1v) is 8.12. The predicted octanol–water partition coefficient (Wildman–Crippen LogP) is 3.72. The molecule has 2 atom stereocenters. The molecule has 4 heteroatoms. The molecule has 3 rings (SSSR count). The van der Waals surface area contributed by atoms with E-state index in [0.29, 0.717) is 13.2 Å². The molecule has 2 aromatic rings. The topological polar surface area (TPSA) is 35.5 Å². The molecule has 0 heterocycles. The molecule has 0 amide bonds. The monoisotopic (exact) mass is 328 g/mol. The molecule has 1 aliphatic carbocycles. The maximum atomic E-state index is 14.8. The van der Waals surface area contributed by atoms with E-state index in [4.69, 9.17) is 9.47 Å². The van der Waals surface area contributed by atoms with Crippen molar-refractivity contribution in [2.45, 2.75) is 25.3 Å². The van der Waals surface area contributed by atoms with Crippen molar-refractivity contribution < 1.29 is 18.7 Å². The fraction of sp³-hybridized carbons (Fsp3) is 0.350. The van der Waals surface area contributed by atoms with Crippen LogP contribution < -0.4 is 0 Å². The number of rotatable bonds is 8. The third-order valence-electron chi connectivity index (χ3n) is 4.33. The van der Waals surface area contributed by atoms with Crippen molar-refractivity contribution in [3.8, 4) is 0 Å². The molecule has 0 aromatic heterocycles. The Morgan fingerprint density at radius 1 is 0.917 bits per heavy atom. The van der Waals surface area contributed by atoms with Gasteiger partial charge in [-0.2, -0.15) is 0 Å². The van der Waals surface area contributed by atoms with E-state index in [1.54, 1.807) is 0 Å². The van der Waals surface area contributed by atoms with Gasteiger partial charge in [0, 0.05) is 6.42 Å². The van der Waals surface area contributed by atoms with Crippen molar-refractivity contribution in [3.63, 3.8) is 0 Å². The largest absolute Gasteiger partial charge is 0.376 e. The average Bonchev–Trinajstić information content (AvgIpc) is 2.60. The number of halogens is 1. The fourth-order valence-corrected chi connectivity index (χ4v) is 2.87. The van der Waals surface area contributed by atoms with Gasteiger partial charge in [-0.05, 0) is 11.1 Å². The lowest BCUT2D eigenvalue weighted by Crippen LogP contribution is -2.56. The number of alkyl halides is 1. The van der Waals surface area contributed by atoms with Gasteiger partial charge in [0.15, 0.2) is 5.67 Å². The van der Waals surface area contributed by atoms with Gasteiger partial charge in [0.1, 0.15) is 5.78 Å². The number of Topliss-reactive ketones (excluding diaryl/α,β-unsaturated/α-hetero) is 1. The summed E-state index contributed by atoms with van der Waals surface area (Å²) < 4.78 is 25.8. The Kier molecular flexibility index (Phi) is 5.38.